The maximum absolute atomic E-state index is 12.1. The number of carbonyl (C=O) groups excluding carboxylic acids is 1. The van der Waals surface area contributed by atoms with Gasteiger partial charge >= 0.3 is 0 Å². The zero-order chi connectivity index (χ0) is 17.8. The third-order valence-electron chi connectivity index (χ3n) is 3.32. The number of anilines is 1. The fraction of sp³-hybridized carbons (Fsp3) is 0.118. The van der Waals surface area contributed by atoms with Gasteiger partial charge in [-0.1, -0.05) is 33.6 Å². The molecule has 3 aromatic rings. The molecule has 25 heavy (non-hydrogen) atoms. The summed E-state index contributed by atoms with van der Waals surface area (Å²) in [4.78, 5) is 12.1. The van der Waals surface area contributed by atoms with Crippen LogP contribution in [0.5, 0.6) is 5.95 Å². The van der Waals surface area contributed by atoms with E-state index in [9.17, 15) is 9.90 Å². The van der Waals surface area contributed by atoms with E-state index >= 15 is 0 Å². The summed E-state index contributed by atoms with van der Waals surface area (Å²) in [5.74, 6) is -0.719. The first kappa shape index (κ1) is 17.5. The highest BCUT2D eigenvalue weighted by atomic mass is 79.9. The van der Waals surface area contributed by atoms with Crippen LogP contribution in [0, 0.1) is 6.92 Å². The number of benzene rings is 2. The molecule has 2 aromatic carbocycles. The number of nitrogens with one attached hydrogen (secondary N) is 1. The SMILES string of the molecule is Cc1ccc(-[n+]2noc([O-])c2SCC(=O)Nc2ccc(Br)cc2)cc1. The van der Waals surface area contributed by atoms with Gasteiger partial charge in [0, 0.05) is 22.3 Å². The monoisotopic (exact) mass is 419 g/mol. The van der Waals surface area contributed by atoms with E-state index in [-0.39, 0.29) is 16.7 Å². The van der Waals surface area contributed by atoms with Gasteiger partial charge in [0.05, 0.1) is 11.0 Å². The molecular weight excluding hydrogens is 406 g/mol. The smallest absolute Gasteiger partial charge is 0.298 e. The van der Waals surface area contributed by atoms with Crippen LogP contribution in [0.15, 0.2) is 62.6 Å². The Kier molecular flexibility index (Phi) is 5.40. The summed E-state index contributed by atoms with van der Waals surface area (Å²) < 4.78 is 7.08. The van der Waals surface area contributed by atoms with Crippen molar-refractivity contribution < 1.29 is 19.1 Å². The zero-order valence-electron chi connectivity index (χ0n) is 13.2. The Morgan fingerprint density at radius 1 is 1.24 bits per heavy atom. The summed E-state index contributed by atoms with van der Waals surface area (Å²) >= 11 is 4.42. The number of halogens is 1. The predicted octanol–water partition coefficient (Wildman–Crippen LogP) is 2.83. The normalized spacial score (nSPS) is 10.6. The van der Waals surface area contributed by atoms with Gasteiger partial charge in [-0.2, -0.15) is 0 Å². The van der Waals surface area contributed by atoms with Gasteiger partial charge in [-0.25, -0.2) is 0 Å². The summed E-state index contributed by atoms with van der Waals surface area (Å²) in [6, 6.07) is 14.8. The molecule has 6 nitrogen and oxygen atoms in total. The Labute approximate surface area is 157 Å². The molecule has 0 spiro atoms. The van der Waals surface area contributed by atoms with Crippen molar-refractivity contribution in [2.24, 2.45) is 0 Å². The second-order valence-electron chi connectivity index (χ2n) is 5.26. The number of nitrogens with zero attached hydrogens (tertiary/aromatic N) is 2. The molecule has 0 bridgehead atoms. The second kappa shape index (κ2) is 7.71. The minimum Gasteiger partial charge on any atom is -0.538 e. The molecule has 1 heterocycles. The number of thioether (sulfide) groups is 1. The number of aromatic nitrogens is 2. The van der Waals surface area contributed by atoms with E-state index in [0.29, 0.717) is 11.4 Å². The van der Waals surface area contributed by atoms with Crippen LogP contribution in [-0.4, -0.2) is 16.9 Å². The molecular formula is C17H14BrN3O3S. The molecule has 3 rings (SSSR count). The molecule has 8 heteroatoms. The van der Waals surface area contributed by atoms with Gasteiger partial charge in [0.1, 0.15) is 0 Å². The second-order valence-corrected chi connectivity index (χ2v) is 7.14. The molecule has 0 aliphatic carbocycles. The van der Waals surface area contributed by atoms with Crippen LogP contribution in [0.3, 0.4) is 0 Å². The predicted molar refractivity (Wildman–Crippen MR) is 95.7 cm³/mol. The number of aryl methyl sites for hydroxylation is 1. The molecule has 0 radical (unpaired) electrons. The van der Waals surface area contributed by atoms with Crippen LogP contribution in [0.25, 0.3) is 5.69 Å². The Balaban J connectivity index is 1.68. The van der Waals surface area contributed by atoms with E-state index in [1.807, 2.05) is 43.3 Å². The number of hydrogen-bond donors (Lipinski definition) is 1. The minimum absolute atomic E-state index is 0.0678. The maximum Gasteiger partial charge on any atom is 0.298 e. The molecule has 1 amide bonds. The number of carbonyl (C=O) groups is 1. The summed E-state index contributed by atoms with van der Waals surface area (Å²) in [7, 11) is 0. The summed E-state index contributed by atoms with van der Waals surface area (Å²) in [5.41, 5.74) is 2.48. The molecule has 0 atom stereocenters. The van der Waals surface area contributed by atoms with Gasteiger partial charge in [-0.05, 0) is 47.6 Å². The average molecular weight is 420 g/mol. The highest BCUT2D eigenvalue weighted by Crippen LogP contribution is 2.23. The van der Waals surface area contributed by atoms with Crippen LogP contribution in [0.2, 0.25) is 0 Å². The van der Waals surface area contributed by atoms with Crippen molar-refractivity contribution in [2.45, 2.75) is 11.9 Å². The van der Waals surface area contributed by atoms with E-state index in [2.05, 4.69) is 26.5 Å². The lowest BCUT2D eigenvalue weighted by atomic mass is 10.2. The van der Waals surface area contributed by atoms with Crippen molar-refractivity contribution in [3.05, 3.63) is 58.6 Å². The summed E-state index contributed by atoms with van der Waals surface area (Å²) in [6.45, 7) is 1.97. The summed E-state index contributed by atoms with van der Waals surface area (Å²) in [5, 5.41) is 18.7. The van der Waals surface area contributed by atoms with Crippen LogP contribution in [0.1, 0.15) is 5.56 Å². The topological polar surface area (TPSA) is 82.1 Å². The standard InChI is InChI=1S/C17H14BrN3O3S/c1-11-2-8-14(9-3-11)21-16(17(23)24-20-21)25-10-15(22)19-13-6-4-12(18)5-7-13/h2-9H,10H2,1H3,(H-,19,20,22,23). The highest BCUT2D eigenvalue weighted by Gasteiger charge is 2.22. The zero-order valence-corrected chi connectivity index (χ0v) is 15.6. The molecule has 0 aliphatic heterocycles. The van der Waals surface area contributed by atoms with Crippen LogP contribution in [0.4, 0.5) is 5.69 Å². The number of amides is 1. The van der Waals surface area contributed by atoms with E-state index in [0.717, 1.165) is 21.8 Å². The first-order valence-corrected chi connectivity index (χ1v) is 9.15. The van der Waals surface area contributed by atoms with Gasteiger partial charge in [0.25, 0.3) is 5.03 Å². The van der Waals surface area contributed by atoms with Crippen molar-refractivity contribution in [1.29, 1.82) is 0 Å². The Morgan fingerprint density at radius 2 is 1.92 bits per heavy atom. The molecule has 1 N–H and O–H groups in total. The van der Waals surface area contributed by atoms with E-state index < -0.39 is 5.95 Å². The van der Waals surface area contributed by atoms with Gasteiger partial charge in [-0.3, -0.25) is 4.79 Å². The lowest BCUT2D eigenvalue weighted by Gasteiger charge is -2.04. The highest BCUT2D eigenvalue weighted by molar-refractivity contribution is 9.10. The van der Waals surface area contributed by atoms with Crippen molar-refractivity contribution in [3.8, 4) is 11.6 Å². The van der Waals surface area contributed by atoms with Gasteiger partial charge in [-0.15, -0.1) is 0 Å². The first-order valence-electron chi connectivity index (χ1n) is 7.37. The largest absolute Gasteiger partial charge is 0.538 e. The summed E-state index contributed by atoms with van der Waals surface area (Å²) in [6.07, 6.45) is 0. The quantitative estimate of drug-likeness (QED) is 0.507. The van der Waals surface area contributed by atoms with Crippen LogP contribution >= 0.6 is 27.7 Å². The van der Waals surface area contributed by atoms with Gasteiger partial charge in [0.15, 0.2) is 5.95 Å². The fourth-order valence-corrected chi connectivity index (χ4v) is 3.10. The van der Waals surface area contributed by atoms with Crippen molar-refractivity contribution >= 4 is 39.3 Å². The molecule has 128 valence electrons. The van der Waals surface area contributed by atoms with Crippen molar-refractivity contribution in [3.63, 3.8) is 0 Å². The molecule has 0 aliphatic rings. The molecule has 0 saturated heterocycles. The van der Waals surface area contributed by atoms with Crippen molar-refractivity contribution in [2.75, 3.05) is 11.1 Å². The molecule has 1 aromatic heterocycles. The number of rotatable bonds is 5. The average Bonchev–Trinajstić information content (AvgIpc) is 2.96. The van der Waals surface area contributed by atoms with E-state index in [4.69, 9.17) is 4.52 Å². The van der Waals surface area contributed by atoms with Gasteiger partial charge < -0.3 is 14.9 Å². The molecule has 0 unspecified atom stereocenters. The van der Waals surface area contributed by atoms with Crippen molar-refractivity contribution in [1.82, 2.24) is 5.27 Å². The van der Waals surface area contributed by atoms with Crippen LogP contribution < -0.4 is 15.1 Å². The Morgan fingerprint density at radius 3 is 2.60 bits per heavy atom. The van der Waals surface area contributed by atoms with E-state index in [1.165, 1.54) is 4.68 Å². The van der Waals surface area contributed by atoms with Crippen LogP contribution in [-0.2, 0) is 4.79 Å². The fourth-order valence-electron chi connectivity index (χ4n) is 2.08. The third kappa shape index (κ3) is 4.40. The molecule has 0 saturated carbocycles. The Bertz CT molecular complexity index is 879. The molecule has 0 fully saturated rings. The lowest BCUT2D eigenvalue weighted by Crippen LogP contribution is -2.35. The Hall–Kier alpha value is -2.32. The lowest BCUT2D eigenvalue weighted by molar-refractivity contribution is -0.705. The minimum atomic E-state index is -0.568. The van der Waals surface area contributed by atoms with E-state index in [1.54, 1.807) is 12.1 Å². The maximum atomic E-state index is 12.1. The number of hydrogen-bond acceptors (Lipinski definition) is 5. The van der Waals surface area contributed by atoms with Gasteiger partial charge in [0.2, 0.25) is 11.6 Å². The third-order valence-corrected chi connectivity index (χ3v) is 4.87. The first-order chi connectivity index (χ1) is 12.0.